The molecule has 0 saturated carbocycles. The predicted molar refractivity (Wildman–Crippen MR) is 104 cm³/mol. The largest absolute Gasteiger partial charge is 0.497 e. The first-order valence-electron chi connectivity index (χ1n) is 8.42. The van der Waals surface area contributed by atoms with Gasteiger partial charge in [0, 0.05) is 0 Å². The number of hydrogen-bond donors (Lipinski definition) is 0. The maximum absolute atomic E-state index is 13.7. The first-order chi connectivity index (χ1) is 12.9. The van der Waals surface area contributed by atoms with E-state index in [1.165, 1.54) is 22.5 Å². The molecule has 0 bridgehead atoms. The van der Waals surface area contributed by atoms with E-state index in [1.54, 1.807) is 50.4 Å². The lowest BCUT2D eigenvalue weighted by molar-refractivity contribution is 0.414. The molecule has 140 valence electrons. The Bertz CT molecular complexity index is 1020. The maximum Gasteiger partial charge on any atom is 0.264 e. The topological polar surface area (TPSA) is 46.6 Å². The van der Waals surface area contributed by atoms with Gasteiger partial charge in [-0.05, 0) is 55.0 Å². The summed E-state index contributed by atoms with van der Waals surface area (Å²) >= 11 is 0. The molecule has 0 aliphatic carbocycles. The van der Waals surface area contributed by atoms with Gasteiger partial charge in [0.15, 0.2) is 0 Å². The number of nitrogens with zero attached hydrogens (tertiary/aromatic N) is 1. The summed E-state index contributed by atoms with van der Waals surface area (Å²) in [4.78, 5) is -0.0962. The monoisotopic (exact) mass is 385 g/mol. The number of rotatable bonds is 6. The zero-order valence-corrected chi connectivity index (χ0v) is 15.9. The number of benzene rings is 3. The van der Waals surface area contributed by atoms with Crippen molar-refractivity contribution in [3.8, 4) is 5.75 Å². The third-order valence-electron chi connectivity index (χ3n) is 4.29. The molecule has 6 heteroatoms. The van der Waals surface area contributed by atoms with Crippen molar-refractivity contribution >= 4 is 15.7 Å². The smallest absolute Gasteiger partial charge is 0.264 e. The SMILES string of the molecule is COc1cccc(C(C)N(c2ccccc2)S(=O)(=O)c2cccc(F)c2)c1. The Balaban J connectivity index is 2.14. The first kappa shape index (κ1) is 18.9. The van der Waals surface area contributed by atoms with Crippen LogP contribution in [0.4, 0.5) is 10.1 Å². The zero-order valence-electron chi connectivity index (χ0n) is 15.0. The van der Waals surface area contributed by atoms with Gasteiger partial charge < -0.3 is 4.74 Å². The van der Waals surface area contributed by atoms with Crippen LogP contribution in [0.2, 0.25) is 0 Å². The molecule has 0 spiro atoms. The molecule has 3 rings (SSSR count). The van der Waals surface area contributed by atoms with Crippen molar-refractivity contribution in [3.63, 3.8) is 0 Å². The second kappa shape index (κ2) is 7.80. The van der Waals surface area contributed by atoms with Crippen LogP contribution in [0.1, 0.15) is 18.5 Å². The van der Waals surface area contributed by atoms with Gasteiger partial charge in [-0.3, -0.25) is 4.31 Å². The number of ether oxygens (including phenoxy) is 1. The van der Waals surface area contributed by atoms with Crippen LogP contribution in [0.25, 0.3) is 0 Å². The molecule has 4 nitrogen and oxygen atoms in total. The van der Waals surface area contributed by atoms with E-state index in [-0.39, 0.29) is 4.90 Å². The minimum atomic E-state index is -3.99. The summed E-state index contributed by atoms with van der Waals surface area (Å²) < 4.78 is 47.0. The molecule has 0 aliphatic heterocycles. The van der Waals surface area contributed by atoms with Crippen molar-refractivity contribution in [3.05, 3.63) is 90.2 Å². The molecule has 0 aromatic heterocycles. The maximum atomic E-state index is 13.7. The molecule has 3 aromatic rings. The van der Waals surface area contributed by atoms with Gasteiger partial charge >= 0.3 is 0 Å². The van der Waals surface area contributed by atoms with E-state index in [9.17, 15) is 12.8 Å². The lowest BCUT2D eigenvalue weighted by atomic mass is 10.1. The van der Waals surface area contributed by atoms with Gasteiger partial charge in [-0.2, -0.15) is 0 Å². The summed E-state index contributed by atoms with van der Waals surface area (Å²) in [5, 5.41) is 0. The van der Waals surface area contributed by atoms with Crippen LogP contribution >= 0.6 is 0 Å². The lowest BCUT2D eigenvalue weighted by Gasteiger charge is -2.31. The Hall–Kier alpha value is -2.86. The fourth-order valence-electron chi connectivity index (χ4n) is 2.92. The number of anilines is 1. The summed E-state index contributed by atoms with van der Waals surface area (Å²) in [7, 11) is -2.43. The fourth-order valence-corrected chi connectivity index (χ4v) is 4.60. The second-order valence-corrected chi connectivity index (χ2v) is 7.86. The molecular formula is C21H20FNO3S. The van der Waals surface area contributed by atoms with Gasteiger partial charge in [-0.15, -0.1) is 0 Å². The van der Waals surface area contributed by atoms with Gasteiger partial charge in [-0.25, -0.2) is 12.8 Å². The minimum Gasteiger partial charge on any atom is -0.497 e. The summed E-state index contributed by atoms with van der Waals surface area (Å²) in [5.74, 6) is 0.0358. The van der Waals surface area contributed by atoms with Crippen LogP contribution in [0.5, 0.6) is 5.75 Å². The van der Waals surface area contributed by atoms with E-state index in [1.807, 2.05) is 18.2 Å². The number of methoxy groups -OCH3 is 1. The Labute approximate surface area is 158 Å². The molecule has 3 aromatic carbocycles. The molecule has 0 aliphatic rings. The Morgan fingerprint density at radius 3 is 2.30 bits per heavy atom. The number of para-hydroxylation sites is 1. The van der Waals surface area contributed by atoms with Crippen LogP contribution in [0, 0.1) is 5.82 Å². The predicted octanol–water partition coefficient (Wildman–Crippen LogP) is 4.79. The fraction of sp³-hybridized carbons (Fsp3) is 0.143. The quantitative estimate of drug-likeness (QED) is 0.613. The van der Waals surface area contributed by atoms with Gasteiger partial charge in [0.2, 0.25) is 0 Å². The Morgan fingerprint density at radius 1 is 0.926 bits per heavy atom. The van der Waals surface area contributed by atoms with E-state index in [0.29, 0.717) is 11.4 Å². The van der Waals surface area contributed by atoms with Crippen molar-refractivity contribution in [2.45, 2.75) is 17.9 Å². The highest BCUT2D eigenvalue weighted by Gasteiger charge is 2.30. The Kier molecular flexibility index (Phi) is 5.46. The van der Waals surface area contributed by atoms with Crippen molar-refractivity contribution in [2.24, 2.45) is 0 Å². The average Bonchev–Trinajstić information content (AvgIpc) is 2.69. The summed E-state index contributed by atoms with van der Waals surface area (Å²) in [6.07, 6.45) is 0. The van der Waals surface area contributed by atoms with E-state index < -0.39 is 21.9 Å². The zero-order chi connectivity index (χ0) is 19.4. The summed E-state index contributed by atoms with van der Waals surface area (Å²) in [6, 6.07) is 20.5. The van der Waals surface area contributed by atoms with Gasteiger partial charge in [0.1, 0.15) is 11.6 Å². The highest BCUT2D eigenvalue weighted by molar-refractivity contribution is 7.92. The summed E-state index contributed by atoms with van der Waals surface area (Å²) in [5.41, 5.74) is 1.26. The van der Waals surface area contributed by atoms with Gasteiger partial charge in [0.25, 0.3) is 10.0 Å². The van der Waals surface area contributed by atoms with Crippen molar-refractivity contribution in [1.82, 2.24) is 0 Å². The minimum absolute atomic E-state index is 0.0962. The molecule has 27 heavy (non-hydrogen) atoms. The van der Waals surface area contributed by atoms with E-state index in [4.69, 9.17) is 4.74 Å². The highest BCUT2D eigenvalue weighted by Crippen LogP contribution is 2.34. The molecule has 1 unspecified atom stereocenters. The standard InChI is InChI=1S/C21H20FNO3S/c1-16(17-8-6-12-20(14-17)26-2)23(19-10-4-3-5-11-19)27(24,25)21-13-7-9-18(22)15-21/h3-16H,1-2H3. The first-order valence-corrected chi connectivity index (χ1v) is 9.86. The van der Waals surface area contributed by atoms with Crippen molar-refractivity contribution in [1.29, 1.82) is 0 Å². The van der Waals surface area contributed by atoms with Crippen LogP contribution in [-0.2, 0) is 10.0 Å². The van der Waals surface area contributed by atoms with Crippen LogP contribution < -0.4 is 9.04 Å². The highest BCUT2D eigenvalue weighted by atomic mass is 32.2. The van der Waals surface area contributed by atoms with Crippen LogP contribution in [0.3, 0.4) is 0 Å². The lowest BCUT2D eigenvalue weighted by Crippen LogP contribution is -2.33. The van der Waals surface area contributed by atoms with Crippen molar-refractivity contribution in [2.75, 3.05) is 11.4 Å². The Morgan fingerprint density at radius 2 is 1.63 bits per heavy atom. The second-order valence-electron chi connectivity index (χ2n) is 6.05. The molecule has 1 atom stereocenters. The van der Waals surface area contributed by atoms with E-state index >= 15 is 0 Å². The van der Waals surface area contributed by atoms with E-state index in [2.05, 4.69) is 0 Å². The molecule has 0 saturated heterocycles. The molecule has 0 fully saturated rings. The number of hydrogen-bond acceptors (Lipinski definition) is 3. The number of halogens is 1. The molecule has 0 amide bonds. The molecule has 0 N–H and O–H groups in total. The van der Waals surface area contributed by atoms with Crippen LogP contribution in [0.15, 0.2) is 83.8 Å². The molecule has 0 radical (unpaired) electrons. The van der Waals surface area contributed by atoms with Crippen molar-refractivity contribution < 1.29 is 17.5 Å². The average molecular weight is 385 g/mol. The third kappa shape index (κ3) is 3.95. The number of sulfonamides is 1. The third-order valence-corrected chi connectivity index (χ3v) is 6.19. The summed E-state index contributed by atoms with van der Waals surface area (Å²) in [6.45, 7) is 1.79. The van der Waals surface area contributed by atoms with Crippen LogP contribution in [-0.4, -0.2) is 15.5 Å². The van der Waals surface area contributed by atoms with Gasteiger partial charge in [0.05, 0.1) is 23.7 Å². The molecular weight excluding hydrogens is 365 g/mol. The van der Waals surface area contributed by atoms with Gasteiger partial charge in [-0.1, -0.05) is 36.4 Å². The normalized spacial score (nSPS) is 12.4. The molecule has 0 heterocycles. The van der Waals surface area contributed by atoms with E-state index in [0.717, 1.165) is 11.6 Å².